The highest BCUT2D eigenvalue weighted by Crippen LogP contribution is 2.05. The van der Waals surface area contributed by atoms with E-state index in [1.807, 2.05) is 24.3 Å². The van der Waals surface area contributed by atoms with Gasteiger partial charge in [0, 0.05) is 12.6 Å². The van der Waals surface area contributed by atoms with Gasteiger partial charge in [-0.3, -0.25) is 0 Å². The van der Waals surface area contributed by atoms with Crippen LogP contribution in [0.2, 0.25) is 0 Å². The summed E-state index contributed by atoms with van der Waals surface area (Å²) in [4.78, 5) is 0. The van der Waals surface area contributed by atoms with Crippen molar-refractivity contribution in [2.24, 2.45) is 0 Å². The van der Waals surface area contributed by atoms with Crippen molar-refractivity contribution < 1.29 is 9.84 Å². The van der Waals surface area contributed by atoms with Gasteiger partial charge in [0.05, 0.1) is 13.2 Å². The minimum absolute atomic E-state index is 0.0992. The number of aliphatic hydroxyl groups is 1. The number of hydrogen-bond donors (Lipinski definition) is 2. The van der Waals surface area contributed by atoms with Crippen molar-refractivity contribution in [3.8, 4) is 0 Å². The lowest BCUT2D eigenvalue weighted by Crippen LogP contribution is -2.24. The molecule has 0 heterocycles. The van der Waals surface area contributed by atoms with E-state index < -0.39 is 0 Å². The monoisotopic (exact) mass is 237 g/mol. The molecule has 1 aromatic rings. The molecule has 0 spiro atoms. The van der Waals surface area contributed by atoms with Crippen molar-refractivity contribution in [2.75, 3.05) is 13.2 Å². The summed E-state index contributed by atoms with van der Waals surface area (Å²) < 4.78 is 5.57. The molecular formula is C14H23NO2. The van der Waals surface area contributed by atoms with Crippen LogP contribution in [0.3, 0.4) is 0 Å². The molecule has 0 atom stereocenters. The van der Waals surface area contributed by atoms with E-state index in [0.29, 0.717) is 12.6 Å². The molecule has 0 saturated heterocycles. The summed E-state index contributed by atoms with van der Waals surface area (Å²) in [6, 6.07) is 8.40. The van der Waals surface area contributed by atoms with Crippen molar-refractivity contribution in [1.29, 1.82) is 0 Å². The van der Waals surface area contributed by atoms with E-state index in [1.54, 1.807) is 0 Å². The van der Waals surface area contributed by atoms with E-state index in [9.17, 15) is 0 Å². The second kappa shape index (κ2) is 8.23. The van der Waals surface area contributed by atoms with Crippen LogP contribution in [0.1, 0.15) is 31.4 Å². The number of nitrogens with one attached hydrogen (secondary N) is 1. The van der Waals surface area contributed by atoms with E-state index in [-0.39, 0.29) is 6.61 Å². The Hall–Kier alpha value is -0.900. The van der Waals surface area contributed by atoms with Gasteiger partial charge in [0.25, 0.3) is 0 Å². The third-order valence-electron chi connectivity index (χ3n) is 2.49. The zero-order valence-electron chi connectivity index (χ0n) is 10.8. The zero-order valence-corrected chi connectivity index (χ0v) is 10.8. The van der Waals surface area contributed by atoms with Crippen molar-refractivity contribution in [1.82, 2.24) is 5.32 Å². The number of ether oxygens (including phenoxy) is 1. The predicted octanol–water partition coefficient (Wildman–Crippen LogP) is 2.08. The van der Waals surface area contributed by atoms with Crippen molar-refractivity contribution in [2.45, 2.75) is 39.5 Å². The van der Waals surface area contributed by atoms with E-state index in [1.165, 1.54) is 0 Å². The Kier molecular flexibility index (Phi) is 6.86. The Bertz CT molecular complexity index is 296. The topological polar surface area (TPSA) is 41.5 Å². The van der Waals surface area contributed by atoms with Gasteiger partial charge in [0.1, 0.15) is 0 Å². The molecule has 0 aromatic heterocycles. The first-order valence-corrected chi connectivity index (χ1v) is 6.22. The quantitative estimate of drug-likeness (QED) is 0.680. The average molecular weight is 237 g/mol. The summed E-state index contributed by atoms with van der Waals surface area (Å²) in [5, 5.41) is 12.3. The van der Waals surface area contributed by atoms with Gasteiger partial charge in [-0.05, 0) is 24.1 Å². The average Bonchev–Trinajstić information content (AvgIpc) is 2.34. The SMILES string of the molecule is CC(C)NCCCOCc1ccc(CO)cc1. The van der Waals surface area contributed by atoms with Gasteiger partial charge >= 0.3 is 0 Å². The molecule has 0 radical (unpaired) electrons. The first-order chi connectivity index (χ1) is 8.22. The molecule has 0 saturated carbocycles. The molecule has 0 aliphatic heterocycles. The first-order valence-electron chi connectivity index (χ1n) is 6.22. The number of rotatable bonds is 8. The van der Waals surface area contributed by atoms with Gasteiger partial charge in [0.15, 0.2) is 0 Å². The van der Waals surface area contributed by atoms with Gasteiger partial charge in [-0.15, -0.1) is 0 Å². The zero-order chi connectivity index (χ0) is 12.5. The van der Waals surface area contributed by atoms with Crippen LogP contribution in [0, 0.1) is 0 Å². The van der Waals surface area contributed by atoms with Crippen molar-refractivity contribution in [3.05, 3.63) is 35.4 Å². The number of aliphatic hydroxyl groups excluding tert-OH is 1. The number of hydrogen-bond acceptors (Lipinski definition) is 3. The summed E-state index contributed by atoms with van der Waals surface area (Å²) in [6.45, 7) is 6.81. The molecule has 17 heavy (non-hydrogen) atoms. The predicted molar refractivity (Wildman–Crippen MR) is 69.8 cm³/mol. The van der Waals surface area contributed by atoms with Crippen LogP contribution in [-0.2, 0) is 18.0 Å². The fraction of sp³-hybridized carbons (Fsp3) is 0.571. The fourth-order valence-electron chi connectivity index (χ4n) is 1.50. The minimum Gasteiger partial charge on any atom is -0.392 e. The third kappa shape index (κ3) is 6.41. The molecular weight excluding hydrogens is 214 g/mol. The van der Waals surface area contributed by atoms with Crippen LogP contribution in [0.15, 0.2) is 24.3 Å². The molecule has 0 aliphatic rings. The largest absolute Gasteiger partial charge is 0.392 e. The maximum atomic E-state index is 8.91. The van der Waals surface area contributed by atoms with Crippen LogP contribution in [0.4, 0.5) is 0 Å². The van der Waals surface area contributed by atoms with Gasteiger partial charge in [0.2, 0.25) is 0 Å². The highest BCUT2D eigenvalue weighted by Gasteiger charge is 1.95. The summed E-state index contributed by atoms with van der Waals surface area (Å²) in [7, 11) is 0. The van der Waals surface area contributed by atoms with Crippen LogP contribution in [-0.4, -0.2) is 24.3 Å². The lowest BCUT2D eigenvalue weighted by atomic mass is 10.1. The minimum atomic E-state index is 0.0992. The molecule has 1 aromatic carbocycles. The second-order valence-electron chi connectivity index (χ2n) is 4.49. The first kappa shape index (κ1) is 14.2. The number of benzene rings is 1. The summed E-state index contributed by atoms with van der Waals surface area (Å²) >= 11 is 0. The summed E-state index contributed by atoms with van der Waals surface area (Å²) in [6.07, 6.45) is 1.03. The lowest BCUT2D eigenvalue weighted by Gasteiger charge is -2.08. The Balaban J connectivity index is 2.09. The van der Waals surface area contributed by atoms with E-state index in [2.05, 4.69) is 19.2 Å². The maximum Gasteiger partial charge on any atom is 0.0716 e. The molecule has 2 N–H and O–H groups in total. The second-order valence-corrected chi connectivity index (χ2v) is 4.49. The van der Waals surface area contributed by atoms with Crippen LogP contribution in [0.25, 0.3) is 0 Å². The molecule has 0 aliphatic carbocycles. The molecule has 1 rings (SSSR count). The Labute approximate surface area is 104 Å². The van der Waals surface area contributed by atoms with Crippen molar-refractivity contribution >= 4 is 0 Å². The molecule has 3 nitrogen and oxygen atoms in total. The van der Waals surface area contributed by atoms with Gasteiger partial charge in [-0.25, -0.2) is 0 Å². The maximum absolute atomic E-state index is 8.91. The Morgan fingerprint density at radius 1 is 1.18 bits per heavy atom. The molecule has 96 valence electrons. The molecule has 0 amide bonds. The van der Waals surface area contributed by atoms with Gasteiger partial charge in [-0.1, -0.05) is 38.1 Å². The highest BCUT2D eigenvalue weighted by molar-refractivity contribution is 5.21. The lowest BCUT2D eigenvalue weighted by molar-refractivity contribution is 0.118. The summed E-state index contributed by atoms with van der Waals surface area (Å²) in [5.41, 5.74) is 2.09. The molecule has 0 unspecified atom stereocenters. The van der Waals surface area contributed by atoms with Crippen LogP contribution in [0.5, 0.6) is 0 Å². The van der Waals surface area contributed by atoms with E-state index in [0.717, 1.165) is 30.7 Å². The van der Waals surface area contributed by atoms with Crippen LogP contribution < -0.4 is 5.32 Å². The third-order valence-corrected chi connectivity index (χ3v) is 2.49. The van der Waals surface area contributed by atoms with E-state index in [4.69, 9.17) is 9.84 Å². The van der Waals surface area contributed by atoms with Crippen LogP contribution >= 0.6 is 0 Å². The Morgan fingerprint density at radius 2 is 1.82 bits per heavy atom. The Morgan fingerprint density at radius 3 is 2.41 bits per heavy atom. The molecule has 3 heteroatoms. The normalized spacial score (nSPS) is 11.1. The van der Waals surface area contributed by atoms with Gasteiger partial charge < -0.3 is 15.2 Å². The van der Waals surface area contributed by atoms with E-state index >= 15 is 0 Å². The van der Waals surface area contributed by atoms with Crippen molar-refractivity contribution in [3.63, 3.8) is 0 Å². The molecule has 0 bridgehead atoms. The summed E-state index contributed by atoms with van der Waals surface area (Å²) in [5.74, 6) is 0. The standard InChI is InChI=1S/C14H23NO2/c1-12(2)15-8-3-9-17-11-14-6-4-13(10-16)5-7-14/h4-7,12,15-16H,3,8-11H2,1-2H3. The molecule has 0 fully saturated rings. The highest BCUT2D eigenvalue weighted by atomic mass is 16.5. The smallest absolute Gasteiger partial charge is 0.0716 e. The van der Waals surface area contributed by atoms with Gasteiger partial charge in [-0.2, -0.15) is 0 Å². The fourth-order valence-corrected chi connectivity index (χ4v) is 1.50.